The molecule has 0 aliphatic heterocycles. The molecule has 0 atom stereocenters. The summed E-state index contributed by atoms with van der Waals surface area (Å²) >= 11 is 4.74. The zero-order chi connectivity index (χ0) is 20.3. The molecular formula is C19H18BrN3O4S. The van der Waals surface area contributed by atoms with E-state index < -0.39 is 0 Å². The Balaban J connectivity index is 1.90. The molecule has 0 N–H and O–H groups in total. The largest absolute Gasteiger partial charge is 0.493 e. The number of aromatic nitrogens is 2. The molecule has 1 amide bonds. The molecule has 9 heteroatoms. The Labute approximate surface area is 175 Å². The predicted octanol–water partition coefficient (Wildman–Crippen LogP) is 4.27. The molecule has 0 bridgehead atoms. The quantitative estimate of drug-likeness (QED) is 0.543. The van der Waals surface area contributed by atoms with Crippen molar-refractivity contribution in [3.8, 4) is 27.8 Å². The van der Waals surface area contributed by atoms with E-state index >= 15 is 0 Å². The fraction of sp³-hybridized carbons (Fsp3) is 0.211. The number of anilines is 1. The number of nitrogens with zero attached hydrogens (tertiary/aromatic N) is 3. The van der Waals surface area contributed by atoms with Gasteiger partial charge in [0.05, 0.1) is 21.3 Å². The van der Waals surface area contributed by atoms with E-state index in [9.17, 15) is 4.79 Å². The van der Waals surface area contributed by atoms with Crippen LogP contribution in [0.1, 0.15) is 10.4 Å². The smallest absolute Gasteiger partial charge is 0.260 e. The van der Waals surface area contributed by atoms with Gasteiger partial charge in [0.15, 0.2) is 11.5 Å². The molecule has 1 heterocycles. The van der Waals surface area contributed by atoms with Crippen molar-refractivity contribution in [3.63, 3.8) is 0 Å². The van der Waals surface area contributed by atoms with Crippen LogP contribution >= 0.6 is 27.3 Å². The number of hydrogen-bond donors (Lipinski definition) is 0. The van der Waals surface area contributed by atoms with Gasteiger partial charge in [-0.3, -0.25) is 9.69 Å². The summed E-state index contributed by atoms with van der Waals surface area (Å²) in [6, 6.07) is 11.0. The molecule has 0 radical (unpaired) electrons. The standard InChI is InChI=1S/C19H18BrN3O4S/c1-23(19-22-21-17(28-19)11-5-7-13(20)8-6-11)18(24)12-9-14(25-2)16(27-4)15(10-12)26-3/h5-10H,1-4H3. The van der Waals surface area contributed by atoms with Gasteiger partial charge in [0.25, 0.3) is 5.91 Å². The average molecular weight is 464 g/mol. The van der Waals surface area contributed by atoms with E-state index in [0.717, 1.165) is 15.0 Å². The van der Waals surface area contributed by atoms with E-state index in [1.54, 1.807) is 19.2 Å². The van der Waals surface area contributed by atoms with Crippen molar-refractivity contribution >= 4 is 38.3 Å². The molecule has 146 valence electrons. The Bertz CT molecular complexity index is 966. The van der Waals surface area contributed by atoms with E-state index in [1.807, 2.05) is 24.3 Å². The Morgan fingerprint density at radius 1 is 1.00 bits per heavy atom. The number of benzene rings is 2. The van der Waals surface area contributed by atoms with Gasteiger partial charge in [-0.15, -0.1) is 10.2 Å². The lowest BCUT2D eigenvalue weighted by atomic mass is 10.1. The fourth-order valence-corrected chi connectivity index (χ4v) is 3.62. The van der Waals surface area contributed by atoms with Crippen molar-refractivity contribution in [1.29, 1.82) is 0 Å². The maximum atomic E-state index is 13.0. The number of rotatable bonds is 6. The fourth-order valence-electron chi connectivity index (χ4n) is 2.55. The number of ether oxygens (including phenoxy) is 3. The summed E-state index contributed by atoms with van der Waals surface area (Å²) in [6.45, 7) is 0. The zero-order valence-corrected chi connectivity index (χ0v) is 18.1. The lowest BCUT2D eigenvalue weighted by Gasteiger charge is -2.17. The average Bonchev–Trinajstić information content (AvgIpc) is 3.22. The van der Waals surface area contributed by atoms with Crippen molar-refractivity contribution < 1.29 is 19.0 Å². The van der Waals surface area contributed by atoms with Crippen molar-refractivity contribution in [1.82, 2.24) is 10.2 Å². The molecule has 0 aliphatic carbocycles. The molecule has 3 aromatic rings. The first kappa shape index (κ1) is 20.1. The monoisotopic (exact) mass is 463 g/mol. The first-order valence-corrected chi connectivity index (χ1v) is 9.77. The van der Waals surface area contributed by atoms with Crippen LogP contribution in [-0.4, -0.2) is 44.5 Å². The van der Waals surface area contributed by atoms with Crippen LogP contribution in [0.2, 0.25) is 0 Å². The minimum Gasteiger partial charge on any atom is -0.493 e. The summed E-state index contributed by atoms with van der Waals surface area (Å²) in [6.07, 6.45) is 0. The second kappa shape index (κ2) is 8.57. The van der Waals surface area contributed by atoms with Crippen LogP contribution in [0.25, 0.3) is 10.6 Å². The summed E-state index contributed by atoms with van der Waals surface area (Å²) in [7, 11) is 6.17. The van der Waals surface area contributed by atoms with Crippen molar-refractivity contribution in [2.45, 2.75) is 0 Å². The van der Waals surface area contributed by atoms with Gasteiger partial charge >= 0.3 is 0 Å². The van der Waals surface area contributed by atoms with Gasteiger partial charge in [-0.05, 0) is 24.3 Å². The van der Waals surface area contributed by atoms with Gasteiger partial charge in [0.2, 0.25) is 10.9 Å². The van der Waals surface area contributed by atoms with E-state index in [1.165, 1.54) is 37.6 Å². The zero-order valence-electron chi connectivity index (χ0n) is 15.7. The minimum atomic E-state index is -0.266. The van der Waals surface area contributed by atoms with E-state index in [4.69, 9.17) is 14.2 Å². The van der Waals surface area contributed by atoms with E-state index in [-0.39, 0.29) is 5.91 Å². The van der Waals surface area contributed by atoms with E-state index in [0.29, 0.717) is 27.9 Å². The van der Waals surface area contributed by atoms with Crippen LogP contribution in [0.15, 0.2) is 40.9 Å². The second-order valence-corrected chi connectivity index (χ2v) is 7.55. The minimum absolute atomic E-state index is 0.266. The molecule has 2 aromatic carbocycles. The Kier molecular flexibility index (Phi) is 6.15. The van der Waals surface area contributed by atoms with E-state index in [2.05, 4.69) is 26.1 Å². The number of methoxy groups -OCH3 is 3. The second-order valence-electron chi connectivity index (χ2n) is 5.67. The molecule has 0 fully saturated rings. The maximum Gasteiger partial charge on any atom is 0.260 e. The van der Waals surface area contributed by atoms with Crippen LogP contribution < -0.4 is 19.1 Å². The van der Waals surface area contributed by atoms with Crippen LogP contribution in [0.4, 0.5) is 5.13 Å². The molecular weight excluding hydrogens is 446 g/mol. The Hall–Kier alpha value is -2.65. The summed E-state index contributed by atoms with van der Waals surface area (Å²) in [5.74, 6) is 0.980. The number of carbonyl (C=O) groups is 1. The first-order chi connectivity index (χ1) is 13.5. The molecule has 0 aliphatic rings. The van der Waals surface area contributed by atoms with Crippen LogP contribution in [0, 0.1) is 0 Å². The van der Waals surface area contributed by atoms with Crippen LogP contribution in [0.3, 0.4) is 0 Å². The van der Waals surface area contributed by atoms with Gasteiger partial charge in [-0.2, -0.15) is 0 Å². The van der Waals surface area contributed by atoms with Gasteiger partial charge in [-0.25, -0.2) is 0 Å². The summed E-state index contributed by atoms with van der Waals surface area (Å²) in [5, 5.41) is 9.56. The third-order valence-corrected chi connectivity index (χ3v) is 5.59. The molecule has 0 unspecified atom stereocenters. The van der Waals surface area contributed by atoms with Gasteiger partial charge in [0, 0.05) is 22.6 Å². The number of amides is 1. The summed E-state index contributed by atoms with van der Waals surface area (Å²) < 4.78 is 16.9. The van der Waals surface area contributed by atoms with Crippen molar-refractivity contribution in [2.24, 2.45) is 0 Å². The highest BCUT2D eigenvalue weighted by Gasteiger charge is 2.22. The molecule has 0 saturated carbocycles. The van der Waals surface area contributed by atoms with Gasteiger partial charge < -0.3 is 14.2 Å². The summed E-state index contributed by atoms with van der Waals surface area (Å²) in [5.41, 5.74) is 1.32. The Morgan fingerprint density at radius 2 is 1.61 bits per heavy atom. The van der Waals surface area contributed by atoms with Crippen molar-refractivity contribution in [3.05, 3.63) is 46.4 Å². The molecule has 3 rings (SSSR count). The van der Waals surface area contributed by atoms with Crippen LogP contribution in [-0.2, 0) is 0 Å². The maximum absolute atomic E-state index is 13.0. The van der Waals surface area contributed by atoms with Crippen LogP contribution in [0.5, 0.6) is 17.2 Å². The number of halogens is 1. The third-order valence-electron chi connectivity index (χ3n) is 4.01. The lowest BCUT2D eigenvalue weighted by molar-refractivity contribution is 0.0992. The molecule has 0 spiro atoms. The molecule has 28 heavy (non-hydrogen) atoms. The molecule has 0 saturated heterocycles. The topological polar surface area (TPSA) is 73.8 Å². The molecule has 7 nitrogen and oxygen atoms in total. The normalized spacial score (nSPS) is 10.5. The highest BCUT2D eigenvalue weighted by molar-refractivity contribution is 9.10. The number of hydrogen-bond acceptors (Lipinski definition) is 7. The first-order valence-electron chi connectivity index (χ1n) is 8.16. The lowest BCUT2D eigenvalue weighted by Crippen LogP contribution is -2.26. The summed E-state index contributed by atoms with van der Waals surface area (Å²) in [4.78, 5) is 14.4. The van der Waals surface area contributed by atoms with Gasteiger partial charge in [-0.1, -0.05) is 39.4 Å². The highest BCUT2D eigenvalue weighted by atomic mass is 79.9. The Morgan fingerprint density at radius 3 is 2.14 bits per heavy atom. The highest BCUT2D eigenvalue weighted by Crippen LogP contribution is 2.39. The van der Waals surface area contributed by atoms with Crippen molar-refractivity contribution in [2.75, 3.05) is 33.3 Å². The number of carbonyl (C=O) groups excluding carboxylic acids is 1. The SMILES string of the molecule is COc1cc(C(=O)N(C)c2nnc(-c3ccc(Br)cc3)s2)cc(OC)c1OC. The predicted molar refractivity (Wildman–Crippen MR) is 112 cm³/mol. The van der Waals surface area contributed by atoms with Gasteiger partial charge in [0.1, 0.15) is 5.01 Å². The third kappa shape index (κ3) is 3.95. The molecule has 1 aromatic heterocycles.